The van der Waals surface area contributed by atoms with E-state index in [0.29, 0.717) is 13.0 Å². The van der Waals surface area contributed by atoms with Crippen LogP contribution in [0, 0.1) is 0 Å². The quantitative estimate of drug-likeness (QED) is 0.843. The van der Waals surface area contributed by atoms with Gasteiger partial charge in [0.15, 0.2) is 0 Å². The number of hydrogen-bond donors (Lipinski definition) is 2. The number of aliphatic hydroxyl groups is 1. The van der Waals surface area contributed by atoms with E-state index < -0.39 is 5.60 Å². The van der Waals surface area contributed by atoms with Crippen molar-refractivity contribution in [1.82, 2.24) is 5.32 Å². The minimum atomic E-state index is -0.931. The van der Waals surface area contributed by atoms with Gasteiger partial charge in [0.2, 0.25) is 5.91 Å². The van der Waals surface area contributed by atoms with E-state index in [0.717, 1.165) is 24.8 Å². The zero-order valence-corrected chi connectivity index (χ0v) is 12.9. The van der Waals surface area contributed by atoms with Gasteiger partial charge in [-0.3, -0.25) is 4.79 Å². The van der Waals surface area contributed by atoms with Gasteiger partial charge >= 0.3 is 0 Å². The SMILES string of the molecule is COCCC(C)(O)CNC(=O)C1CCCc2ccccc21. The molecule has 1 aromatic carbocycles. The van der Waals surface area contributed by atoms with Crippen LogP contribution >= 0.6 is 0 Å². The van der Waals surface area contributed by atoms with Crippen LogP contribution in [0.4, 0.5) is 0 Å². The first-order valence-corrected chi connectivity index (χ1v) is 7.60. The van der Waals surface area contributed by atoms with Gasteiger partial charge in [0.1, 0.15) is 0 Å². The Morgan fingerprint density at radius 3 is 3.00 bits per heavy atom. The third-order valence-electron chi connectivity index (χ3n) is 4.17. The molecule has 2 N–H and O–H groups in total. The molecule has 0 saturated carbocycles. The fraction of sp³-hybridized carbons (Fsp3) is 0.588. The molecule has 2 rings (SSSR count). The highest BCUT2D eigenvalue weighted by Gasteiger charge is 2.28. The molecule has 0 saturated heterocycles. The molecule has 0 aromatic heterocycles. The Balaban J connectivity index is 1.96. The summed E-state index contributed by atoms with van der Waals surface area (Å²) in [4.78, 5) is 12.4. The maximum atomic E-state index is 12.4. The molecule has 21 heavy (non-hydrogen) atoms. The van der Waals surface area contributed by atoms with Gasteiger partial charge in [-0.05, 0) is 37.3 Å². The molecule has 1 aromatic rings. The summed E-state index contributed by atoms with van der Waals surface area (Å²) in [6.07, 6.45) is 3.47. The van der Waals surface area contributed by atoms with Gasteiger partial charge in [0.05, 0.1) is 11.5 Å². The van der Waals surface area contributed by atoms with Gasteiger partial charge in [0, 0.05) is 26.7 Å². The Morgan fingerprint density at radius 2 is 2.24 bits per heavy atom. The number of aryl methyl sites for hydroxylation is 1. The van der Waals surface area contributed by atoms with Gasteiger partial charge in [-0.1, -0.05) is 24.3 Å². The van der Waals surface area contributed by atoms with Crippen molar-refractivity contribution < 1.29 is 14.6 Å². The van der Waals surface area contributed by atoms with Crippen molar-refractivity contribution in [2.75, 3.05) is 20.3 Å². The van der Waals surface area contributed by atoms with Crippen molar-refractivity contribution in [2.24, 2.45) is 0 Å². The zero-order valence-electron chi connectivity index (χ0n) is 12.9. The summed E-state index contributed by atoms with van der Waals surface area (Å²) < 4.78 is 4.97. The lowest BCUT2D eigenvalue weighted by Gasteiger charge is -2.27. The number of benzene rings is 1. The van der Waals surface area contributed by atoms with Crippen LogP contribution < -0.4 is 5.32 Å². The topological polar surface area (TPSA) is 58.6 Å². The smallest absolute Gasteiger partial charge is 0.227 e. The first-order valence-electron chi connectivity index (χ1n) is 7.60. The molecule has 0 aliphatic heterocycles. The average molecular weight is 291 g/mol. The number of rotatable bonds is 6. The fourth-order valence-electron chi connectivity index (χ4n) is 2.84. The minimum absolute atomic E-state index is 0.0137. The fourth-order valence-corrected chi connectivity index (χ4v) is 2.84. The highest BCUT2D eigenvalue weighted by atomic mass is 16.5. The van der Waals surface area contributed by atoms with E-state index in [4.69, 9.17) is 4.74 Å². The molecule has 1 aliphatic carbocycles. The van der Waals surface area contributed by atoms with Crippen LogP contribution in [0.15, 0.2) is 24.3 Å². The van der Waals surface area contributed by atoms with E-state index in [-0.39, 0.29) is 18.4 Å². The summed E-state index contributed by atoms with van der Waals surface area (Å²) in [6.45, 7) is 2.46. The summed E-state index contributed by atoms with van der Waals surface area (Å²) in [6, 6.07) is 8.15. The Morgan fingerprint density at radius 1 is 1.48 bits per heavy atom. The molecule has 0 fully saturated rings. The Hall–Kier alpha value is -1.39. The summed E-state index contributed by atoms with van der Waals surface area (Å²) in [5, 5.41) is 13.1. The molecule has 116 valence electrons. The summed E-state index contributed by atoms with van der Waals surface area (Å²) in [7, 11) is 1.60. The third-order valence-corrected chi connectivity index (χ3v) is 4.17. The Bertz CT molecular complexity index is 485. The van der Waals surface area contributed by atoms with Crippen molar-refractivity contribution >= 4 is 5.91 Å². The predicted octanol–water partition coefficient (Wildman–Crippen LogP) is 2.01. The first-order chi connectivity index (χ1) is 10.0. The summed E-state index contributed by atoms with van der Waals surface area (Å²) in [5.41, 5.74) is 1.48. The molecule has 2 atom stereocenters. The standard InChI is InChI=1S/C17H25NO3/c1-17(20,10-11-21-2)12-18-16(19)15-9-5-7-13-6-3-4-8-14(13)15/h3-4,6,8,15,20H,5,7,9-12H2,1-2H3,(H,18,19). The number of hydrogen-bond acceptors (Lipinski definition) is 3. The van der Waals surface area contributed by atoms with Crippen LogP contribution in [0.2, 0.25) is 0 Å². The molecule has 4 nitrogen and oxygen atoms in total. The maximum absolute atomic E-state index is 12.4. The van der Waals surface area contributed by atoms with Crippen molar-refractivity contribution in [3.05, 3.63) is 35.4 Å². The van der Waals surface area contributed by atoms with Crippen molar-refractivity contribution in [3.63, 3.8) is 0 Å². The molecule has 0 spiro atoms. The van der Waals surface area contributed by atoms with E-state index in [2.05, 4.69) is 11.4 Å². The van der Waals surface area contributed by atoms with Gasteiger partial charge in [-0.25, -0.2) is 0 Å². The number of amides is 1. The molecule has 0 radical (unpaired) electrons. The van der Waals surface area contributed by atoms with E-state index in [1.807, 2.05) is 18.2 Å². The van der Waals surface area contributed by atoms with Crippen LogP contribution in [-0.4, -0.2) is 36.9 Å². The average Bonchev–Trinajstić information content (AvgIpc) is 2.50. The molecule has 0 heterocycles. The summed E-state index contributed by atoms with van der Waals surface area (Å²) in [5.74, 6) is -0.0759. The van der Waals surface area contributed by atoms with Crippen LogP contribution in [-0.2, 0) is 16.0 Å². The number of nitrogens with one attached hydrogen (secondary N) is 1. The summed E-state index contributed by atoms with van der Waals surface area (Å²) >= 11 is 0. The normalized spacial score (nSPS) is 20.4. The van der Waals surface area contributed by atoms with Gasteiger partial charge in [0.25, 0.3) is 0 Å². The number of carbonyl (C=O) groups is 1. The van der Waals surface area contributed by atoms with Crippen molar-refractivity contribution in [3.8, 4) is 0 Å². The van der Waals surface area contributed by atoms with Crippen LogP contribution in [0.1, 0.15) is 43.2 Å². The highest BCUT2D eigenvalue weighted by Crippen LogP contribution is 2.31. The zero-order chi connectivity index (χ0) is 15.3. The predicted molar refractivity (Wildman–Crippen MR) is 82.2 cm³/mol. The molecule has 0 bridgehead atoms. The lowest BCUT2D eigenvalue weighted by Crippen LogP contribution is -2.43. The molecule has 1 aliphatic rings. The van der Waals surface area contributed by atoms with E-state index in [9.17, 15) is 9.90 Å². The second-order valence-corrected chi connectivity index (χ2v) is 6.10. The van der Waals surface area contributed by atoms with Crippen LogP contribution in [0.25, 0.3) is 0 Å². The number of ether oxygens (including phenoxy) is 1. The van der Waals surface area contributed by atoms with Crippen molar-refractivity contribution in [2.45, 2.75) is 44.1 Å². The van der Waals surface area contributed by atoms with Crippen LogP contribution in [0.5, 0.6) is 0 Å². The highest BCUT2D eigenvalue weighted by molar-refractivity contribution is 5.84. The van der Waals surface area contributed by atoms with E-state index in [1.54, 1.807) is 14.0 Å². The monoisotopic (exact) mass is 291 g/mol. The lowest BCUT2D eigenvalue weighted by molar-refractivity contribution is -0.124. The minimum Gasteiger partial charge on any atom is -0.388 e. The Kier molecular flexibility index (Phi) is 5.37. The van der Waals surface area contributed by atoms with E-state index >= 15 is 0 Å². The largest absolute Gasteiger partial charge is 0.388 e. The van der Waals surface area contributed by atoms with Crippen molar-refractivity contribution in [1.29, 1.82) is 0 Å². The number of fused-ring (bicyclic) bond motifs is 1. The van der Waals surface area contributed by atoms with E-state index in [1.165, 1.54) is 5.56 Å². The molecular formula is C17H25NO3. The van der Waals surface area contributed by atoms with Gasteiger partial charge in [-0.2, -0.15) is 0 Å². The lowest BCUT2D eigenvalue weighted by atomic mass is 9.82. The third kappa shape index (κ3) is 4.29. The number of carbonyl (C=O) groups excluding carboxylic acids is 1. The van der Waals surface area contributed by atoms with Gasteiger partial charge in [-0.15, -0.1) is 0 Å². The second-order valence-electron chi connectivity index (χ2n) is 6.10. The number of methoxy groups -OCH3 is 1. The second kappa shape index (κ2) is 7.05. The molecule has 4 heteroatoms. The molecule has 2 unspecified atom stereocenters. The van der Waals surface area contributed by atoms with Gasteiger partial charge < -0.3 is 15.2 Å². The molecule has 1 amide bonds. The first kappa shape index (κ1) is 16.0. The van der Waals surface area contributed by atoms with Crippen LogP contribution in [0.3, 0.4) is 0 Å². The molecular weight excluding hydrogens is 266 g/mol. The maximum Gasteiger partial charge on any atom is 0.227 e. The Labute approximate surface area is 126 Å².